The summed E-state index contributed by atoms with van der Waals surface area (Å²) < 4.78 is 5.22. The molecule has 1 atom stereocenters. The van der Waals surface area contributed by atoms with Crippen molar-refractivity contribution in [2.24, 2.45) is 0 Å². The maximum absolute atomic E-state index is 11.5. The maximum atomic E-state index is 11.5. The molecule has 104 valence electrons. The highest BCUT2D eigenvalue weighted by Gasteiger charge is 2.39. The number of carboxylic acid groups (broad SMARTS) is 1. The van der Waals surface area contributed by atoms with Gasteiger partial charge in [0.1, 0.15) is 11.3 Å². The van der Waals surface area contributed by atoms with Crippen LogP contribution in [0.3, 0.4) is 0 Å². The molecule has 1 aromatic carbocycles. The minimum atomic E-state index is -1.29. The van der Waals surface area contributed by atoms with Gasteiger partial charge < -0.3 is 14.7 Å². The first-order chi connectivity index (χ1) is 8.99. The van der Waals surface area contributed by atoms with Gasteiger partial charge in [-0.25, -0.2) is 4.79 Å². The van der Waals surface area contributed by atoms with E-state index in [1.165, 1.54) is 12.0 Å². The van der Waals surface area contributed by atoms with Crippen molar-refractivity contribution in [3.05, 3.63) is 29.8 Å². The van der Waals surface area contributed by atoms with Crippen molar-refractivity contribution in [3.8, 4) is 5.75 Å². The van der Waals surface area contributed by atoms with Crippen molar-refractivity contribution in [1.29, 1.82) is 0 Å². The van der Waals surface area contributed by atoms with Gasteiger partial charge in [0, 0.05) is 13.0 Å². The number of ether oxygens (including phenoxy) is 1. The van der Waals surface area contributed by atoms with Gasteiger partial charge in [0.2, 0.25) is 6.41 Å². The number of hydrogen-bond acceptors (Lipinski definition) is 3. The average molecular weight is 265 g/mol. The zero-order valence-electron chi connectivity index (χ0n) is 11.4. The van der Waals surface area contributed by atoms with Crippen molar-refractivity contribution >= 4 is 12.4 Å². The van der Waals surface area contributed by atoms with Crippen molar-refractivity contribution in [2.75, 3.05) is 13.7 Å². The van der Waals surface area contributed by atoms with Crippen molar-refractivity contribution in [3.63, 3.8) is 0 Å². The Morgan fingerprint density at radius 2 is 2.11 bits per heavy atom. The first-order valence-corrected chi connectivity index (χ1v) is 6.07. The van der Waals surface area contributed by atoms with E-state index in [1.807, 2.05) is 12.1 Å². The van der Waals surface area contributed by atoms with E-state index in [4.69, 9.17) is 4.74 Å². The molecule has 0 radical (unpaired) electrons. The second kappa shape index (κ2) is 6.22. The number of hydrogen-bond donors (Lipinski definition) is 1. The summed E-state index contributed by atoms with van der Waals surface area (Å²) in [5.41, 5.74) is -0.527. The summed E-state index contributed by atoms with van der Waals surface area (Å²) in [6, 6.07) is 7.21. The third-order valence-electron chi connectivity index (χ3n) is 3.29. The summed E-state index contributed by atoms with van der Waals surface area (Å²) in [7, 11) is 1.54. The minimum Gasteiger partial charge on any atom is -0.496 e. The van der Waals surface area contributed by atoms with Gasteiger partial charge in [-0.05, 0) is 25.5 Å². The highest BCUT2D eigenvalue weighted by molar-refractivity contribution is 5.81. The monoisotopic (exact) mass is 265 g/mol. The van der Waals surface area contributed by atoms with Gasteiger partial charge in [-0.2, -0.15) is 0 Å². The fourth-order valence-corrected chi connectivity index (χ4v) is 2.06. The second-order valence-electron chi connectivity index (χ2n) is 4.46. The van der Waals surface area contributed by atoms with Crippen LogP contribution in [-0.2, 0) is 16.0 Å². The molecule has 0 aliphatic carbocycles. The molecular formula is C14H19NO4. The standard InChI is InChI=1S/C14H19NO4/c1-4-15(10-16)14(2,13(17)18)9-11-7-5-6-8-12(11)19-3/h5-8,10H,4,9H2,1-3H3,(H,17,18). The van der Waals surface area contributed by atoms with E-state index in [9.17, 15) is 14.7 Å². The van der Waals surface area contributed by atoms with E-state index in [0.717, 1.165) is 5.56 Å². The van der Waals surface area contributed by atoms with Gasteiger partial charge >= 0.3 is 5.97 Å². The van der Waals surface area contributed by atoms with E-state index < -0.39 is 11.5 Å². The molecule has 1 aromatic rings. The normalized spacial score (nSPS) is 13.4. The molecular weight excluding hydrogens is 246 g/mol. The number of likely N-dealkylation sites (N-methyl/N-ethyl adjacent to an activating group) is 1. The highest BCUT2D eigenvalue weighted by Crippen LogP contribution is 2.26. The smallest absolute Gasteiger partial charge is 0.329 e. The molecule has 1 unspecified atom stereocenters. The molecule has 5 heteroatoms. The quantitative estimate of drug-likeness (QED) is 0.760. The lowest BCUT2D eigenvalue weighted by Gasteiger charge is -2.34. The third kappa shape index (κ3) is 3.05. The Balaban J connectivity index is 3.15. The fourth-order valence-electron chi connectivity index (χ4n) is 2.06. The first kappa shape index (κ1) is 15.0. The van der Waals surface area contributed by atoms with Crippen LogP contribution in [-0.4, -0.2) is 41.6 Å². The topological polar surface area (TPSA) is 66.8 Å². The second-order valence-corrected chi connectivity index (χ2v) is 4.46. The lowest BCUT2D eigenvalue weighted by molar-refractivity contribution is -0.153. The first-order valence-electron chi connectivity index (χ1n) is 6.07. The lowest BCUT2D eigenvalue weighted by atomic mass is 9.90. The average Bonchev–Trinajstić information content (AvgIpc) is 2.40. The molecule has 0 bridgehead atoms. The molecule has 0 fully saturated rings. The number of rotatable bonds is 7. The summed E-state index contributed by atoms with van der Waals surface area (Å²) in [6.07, 6.45) is 0.766. The predicted molar refractivity (Wildman–Crippen MR) is 71.2 cm³/mol. The summed E-state index contributed by atoms with van der Waals surface area (Å²) in [5, 5.41) is 9.45. The van der Waals surface area contributed by atoms with Gasteiger partial charge in [-0.3, -0.25) is 4.79 Å². The van der Waals surface area contributed by atoms with Gasteiger partial charge in [0.25, 0.3) is 0 Å². The Labute approximate surface area is 112 Å². The Kier molecular flexibility index (Phi) is 4.92. The van der Waals surface area contributed by atoms with Crippen LogP contribution in [0.2, 0.25) is 0 Å². The molecule has 0 spiro atoms. The number of carboxylic acids is 1. The minimum absolute atomic E-state index is 0.193. The summed E-state index contributed by atoms with van der Waals surface area (Å²) in [6.45, 7) is 3.62. The molecule has 1 amide bonds. The van der Waals surface area contributed by atoms with Crippen LogP contribution in [0.25, 0.3) is 0 Å². The van der Waals surface area contributed by atoms with Crippen LogP contribution in [0.1, 0.15) is 19.4 Å². The van der Waals surface area contributed by atoms with Crippen LogP contribution < -0.4 is 4.74 Å². The Hall–Kier alpha value is -2.04. The molecule has 0 heterocycles. The lowest BCUT2D eigenvalue weighted by Crippen LogP contribution is -2.53. The number of nitrogens with zero attached hydrogens (tertiary/aromatic N) is 1. The van der Waals surface area contributed by atoms with E-state index >= 15 is 0 Å². The zero-order valence-corrected chi connectivity index (χ0v) is 11.4. The SMILES string of the molecule is CCN(C=O)C(C)(Cc1ccccc1OC)C(=O)O. The number of aliphatic carboxylic acids is 1. The van der Waals surface area contributed by atoms with Gasteiger partial charge in [0.05, 0.1) is 7.11 Å². The van der Waals surface area contributed by atoms with Crippen molar-refractivity contribution in [1.82, 2.24) is 4.90 Å². The predicted octanol–water partition coefficient (Wildman–Crippen LogP) is 1.56. The summed E-state index contributed by atoms with van der Waals surface area (Å²) in [5.74, 6) is -0.413. The molecule has 1 N–H and O–H groups in total. The van der Waals surface area contributed by atoms with E-state index in [-0.39, 0.29) is 6.42 Å². The summed E-state index contributed by atoms with van der Waals surface area (Å²) in [4.78, 5) is 23.9. The van der Waals surface area contributed by atoms with Crippen LogP contribution in [0.4, 0.5) is 0 Å². The maximum Gasteiger partial charge on any atom is 0.329 e. The number of amides is 1. The van der Waals surface area contributed by atoms with Crippen LogP contribution >= 0.6 is 0 Å². The number of carbonyl (C=O) groups excluding carboxylic acids is 1. The van der Waals surface area contributed by atoms with Gasteiger partial charge in [0.15, 0.2) is 0 Å². The molecule has 0 aromatic heterocycles. The number of benzene rings is 1. The van der Waals surface area contributed by atoms with Crippen LogP contribution in [0.5, 0.6) is 5.75 Å². The van der Waals surface area contributed by atoms with Crippen molar-refractivity contribution < 1.29 is 19.4 Å². The van der Waals surface area contributed by atoms with Crippen LogP contribution in [0, 0.1) is 0 Å². The number of methoxy groups -OCH3 is 1. The van der Waals surface area contributed by atoms with E-state index in [0.29, 0.717) is 18.7 Å². The van der Waals surface area contributed by atoms with Crippen molar-refractivity contribution in [2.45, 2.75) is 25.8 Å². The molecule has 0 saturated carbocycles. The largest absolute Gasteiger partial charge is 0.496 e. The highest BCUT2D eigenvalue weighted by atomic mass is 16.5. The summed E-state index contributed by atoms with van der Waals surface area (Å²) >= 11 is 0. The Morgan fingerprint density at radius 1 is 1.47 bits per heavy atom. The van der Waals surface area contributed by atoms with Crippen LogP contribution in [0.15, 0.2) is 24.3 Å². The fraction of sp³-hybridized carbons (Fsp3) is 0.429. The molecule has 1 rings (SSSR count). The van der Waals surface area contributed by atoms with E-state index in [2.05, 4.69) is 0 Å². The van der Waals surface area contributed by atoms with Gasteiger partial charge in [-0.15, -0.1) is 0 Å². The van der Waals surface area contributed by atoms with E-state index in [1.54, 1.807) is 26.0 Å². The molecule has 0 aliphatic rings. The Bertz CT molecular complexity index is 461. The Morgan fingerprint density at radius 3 is 2.58 bits per heavy atom. The number of para-hydroxylation sites is 1. The molecule has 0 saturated heterocycles. The molecule has 5 nitrogen and oxygen atoms in total. The van der Waals surface area contributed by atoms with Gasteiger partial charge in [-0.1, -0.05) is 18.2 Å². The third-order valence-corrected chi connectivity index (χ3v) is 3.29. The number of carbonyl (C=O) groups is 2. The molecule has 0 aliphatic heterocycles. The zero-order chi connectivity index (χ0) is 14.5. The molecule has 19 heavy (non-hydrogen) atoms.